The molecule has 7 nitrogen and oxygen atoms in total. The Morgan fingerprint density at radius 2 is 1.79 bits per heavy atom. The Hall–Kier alpha value is -2.91. The third kappa shape index (κ3) is 3.70. The van der Waals surface area contributed by atoms with Gasteiger partial charge in [0.15, 0.2) is 11.5 Å². The summed E-state index contributed by atoms with van der Waals surface area (Å²) in [5.41, 5.74) is 3.06. The molecule has 0 bridgehead atoms. The van der Waals surface area contributed by atoms with E-state index in [9.17, 15) is 8.42 Å². The summed E-state index contributed by atoms with van der Waals surface area (Å²) in [6.45, 7) is 0.312. The van der Waals surface area contributed by atoms with Gasteiger partial charge in [-0.15, -0.1) is 11.3 Å². The van der Waals surface area contributed by atoms with Gasteiger partial charge in [0.1, 0.15) is 5.01 Å². The van der Waals surface area contributed by atoms with E-state index >= 15 is 0 Å². The third-order valence-electron chi connectivity index (χ3n) is 4.45. The predicted molar refractivity (Wildman–Crippen MR) is 113 cm³/mol. The van der Waals surface area contributed by atoms with Gasteiger partial charge in [-0.25, -0.2) is 18.4 Å². The maximum Gasteiger partial charge on any atom is 0.228 e. The standard InChI is InChI=1S/C20H19N3O4S2/c1-26-17-9-8-13(10-18(17)27-2)19-21-14(12-28-19)11-23-16-7-5-4-6-15(16)22-20(23)29(3,24)25/h4-10,12H,11H2,1-3H3. The lowest BCUT2D eigenvalue weighted by Crippen LogP contribution is -2.10. The second-order valence-corrected chi connectivity index (χ2v) is 9.22. The number of rotatable bonds is 6. The van der Waals surface area contributed by atoms with Crippen LogP contribution >= 0.6 is 11.3 Å². The van der Waals surface area contributed by atoms with Crippen molar-refractivity contribution in [1.29, 1.82) is 0 Å². The number of methoxy groups -OCH3 is 2. The zero-order valence-electron chi connectivity index (χ0n) is 16.1. The van der Waals surface area contributed by atoms with Crippen LogP contribution in [0.25, 0.3) is 21.6 Å². The first-order valence-electron chi connectivity index (χ1n) is 8.73. The van der Waals surface area contributed by atoms with Crippen LogP contribution in [-0.4, -0.2) is 43.4 Å². The van der Waals surface area contributed by atoms with Crippen molar-refractivity contribution in [3.05, 3.63) is 53.5 Å². The molecule has 0 aliphatic carbocycles. The highest BCUT2D eigenvalue weighted by Gasteiger charge is 2.20. The lowest BCUT2D eigenvalue weighted by molar-refractivity contribution is 0.355. The molecular weight excluding hydrogens is 410 g/mol. The second kappa shape index (κ2) is 7.49. The van der Waals surface area contributed by atoms with Crippen molar-refractivity contribution < 1.29 is 17.9 Å². The number of nitrogens with zero attached hydrogens (tertiary/aromatic N) is 3. The number of thiazole rings is 1. The second-order valence-electron chi connectivity index (χ2n) is 6.46. The Balaban J connectivity index is 1.72. The summed E-state index contributed by atoms with van der Waals surface area (Å²) in [6, 6.07) is 13.0. The van der Waals surface area contributed by atoms with E-state index in [0.717, 1.165) is 21.8 Å². The topological polar surface area (TPSA) is 83.3 Å². The maximum atomic E-state index is 12.2. The fraction of sp³-hybridized carbons (Fsp3) is 0.200. The molecule has 2 aromatic carbocycles. The Bertz CT molecular complexity index is 1290. The first kappa shape index (κ1) is 19.4. The number of imidazole rings is 1. The number of hydrogen-bond donors (Lipinski definition) is 0. The molecule has 9 heteroatoms. The van der Waals surface area contributed by atoms with Gasteiger partial charge >= 0.3 is 0 Å². The van der Waals surface area contributed by atoms with Crippen LogP contribution in [0.5, 0.6) is 11.5 Å². The molecule has 0 aliphatic rings. The van der Waals surface area contributed by atoms with Gasteiger partial charge in [-0.1, -0.05) is 12.1 Å². The minimum absolute atomic E-state index is 0.0411. The van der Waals surface area contributed by atoms with Crippen molar-refractivity contribution in [2.75, 3.05) is 20.5 Å². The smallest absolute Gasteiger partial charge is 0.228 e. The zero-order chi connectivity index (χ0) is 20.6. The van der Waals surface area contributed by atoms with E-state index in [0.29, 0.717) is 23.6 Å². The van der Waals surface area contributed by atoms with Crippen LogP contribution in [0.4, 0.5) is 0 Å². The summed E-state index contributed by atoms with van der Waals surface area (Å²) in [4.78, 5) is 9.00. The summed E-state index contributed by atoms with van der Waals surface area (Å²) >= 11 is 1.49. The lowest BCUT2D eigenvalue weighted by Gasteiger charge is -2.08. The summed E-state index contributed by atoms with van der Waals surface area (Å²) in [7, 11) is -0.300. The van der Waals surface area contributed by atoms with Crippen LogP contribution < -0.4 is 9.47 Å². The SMILES string of the molecule is COc1ccc(-c2nc(Cn3c(S(C)(=O)=O)nc4ccccc43)cs2)cc1OC. The van der Waals surface area contributed by atoms with Crippen molar-refractivity contribution in [2.24, 2.45) is 0 Å². The lowest BCUT2D eigenvalue weighted by atomic mass is 10.2. The van der Waals surface area contributed by atoms with E-state index in [-0.39, 0.29) is 5.16 Å². The molecule has 2 heterocycles. The molecule has 0 amide bonds. The fourth-order valence-electron chi connectivity index (χ4n) is 3.13. The van der Waals surface area contributed by atoms with Gasteiger partial charge in [0.25, 0.3) is 0 Å². The highest BCUT2D eigenvalue weighted by molar-refractivity contribution is 7.90. The molecular formula is C20H19N3O4S2. The largest absolute Gasteiger partial charge is 0.493 e. The van der Waals surface area contributed by atoms with Crippen LogP contribution in [0.2, 0.25) is 0 Å². The van der Waals surface area contributed by atoms with E-state index in [1.54, 1.807) is 24.9 Å². The monoisotopic (exact) mass is 429 g/mol. The average Bonchev–Trinajstić information content (AvgIpc) is 3.33. The average molecular weight is 430 g/mol. The van der Waals surface area contributed by atoms with Crippen molar-refractivity contribution >= 4 is 32.2 Å². The van der Waals surface area contributed by atoms with Crippen molar-refractivity contribution in [1.82, 2.24) is 14.5 Å². The molecule has 2 aromatic heterocycles. The molecule has 0 N–H and O–H groups in total. The van der Waals surface area contributed by atoms with Crippen LogP contribution in [0, 0.1) is 0 Å². The van der Waals surface area contributed by atoms with Gasteiger partial charge in [-0.2, -0.15) is 0 Å². The molecule has 0 saturated carbocycles. The van der Waals surface area contributed by atoms with Crippen molar-refractivity contribution in [2.45, 2.75) is 11.7 Å². The van der Waals surface area contributed by atoms with E-state index in [4.69, 9.17) is 14.5 Å². The van der Waals surface area contributed by atoms with Crippen molar-refractivity contribution in [3.63, 3.8) is 0 Å². The number of ether oxygens (including phenoxy) is 2. The van der Waals surface area contributed by atoms with Gasteiger partial charge in [-0.05, 0) is 30.3 Å². The van der Waals surface area contributed by atoms with Crippen LogP contribution in [0.3, 0.4) is 0 Å². The number of aromatic nitrogens is 3. The van der Waals surface area contributed by atoms with Gasteiger partial charge in [0, 0.05) is 17.2 Å². The molecule has 0 radical (unpaired) electrons. The quantitative estimate of drug-likeness (QED) is 0.465. The van der Waals surface area contributed by atoms with Crippen molar-refractivity contribution in [3.8, 4) is 22.1 Å². The van der Waals surface area contributed by atoms with Gasteiger partial charge < -0.3 is 14.0 Å². The molecule has 0 fully saturated rings. The highest BCUT2D eigenvalue weighted by Crippen LogP contribution is 2.34. The maximum absolute atomic E-state index is 12.2. The Morgan fingerprint density at radius 1 is 1.03 bits per heavy atom. The van der Waals surface area contributed by atoms with Gasteiger partial charge in [0.05, 0.1) is 37.5 Å². The number of hydrogen-bond acceptors (Lipinski definition) is 7. The van der Waals surface area contributed by atoms with Gasteiger partial charge in [0.2, 0.25) is 15.0 Å². The van der Waals surface area contributed by atoms with E-state index in [1.807, 2.05) is 41.8 Å². The zero-order valence-corrected chi connectivity index (χ0v) is 17.8. The Kier molecular flexibility index (Phi) is 5.01. The normalized spacial score (nSPS) is 11.7. The molecule has 0 atom stereocenters. The summed E-state index contributed by atoms with van der Waals surface area (Å²) in [5.74, 6) is 1.28. The molecule has 4 aromatic rings. The molecule has 0 spiro atoms. The van der Waals surface area contributed by atoms with Crippen LogP contribution in [0.1, 0.15) is 5.69 Å². The van der Waals surface area contributed by atoms with E-state index in [1.165, 1.54) is 17.6 Å². The molecule has 4 rings (SSSR count). The number of benzene rings is 2. The minimum Gasteiger partial charge on any atom is -0.493 e. The molecule has 0 aliphatic heterocycles. The molecule has 29 heavy (non-hydrogen) atoms. The fourth-order valence-corrected chi connectivity index (χ4v) is 4.77. The minimum atomic E-state index is -3.48. The number of fused-ring (bicyclic) bond motifs is 1. The highest BCUT2D eigenvalue weighted by atomic mass is 32.2. The molecule has 150 valence electrons. The number of sulfone groups is 1. The van der Waals surface area contributed by atoms with Crippen LogP contribution in [-0.2, 0) is 16.4 Å². The van der Waals surface area contributed by atoms with E-state index < -0.39 is 9.84 Å². The van der Waals surface area contributed by atoms with Crippen LogP contribution in [0.15, 0.2) is 53.0 Å². The Labute approximate surface area is 172 Å². The first-order valence-corrected chi connectivity index (χ1v) is 11.5. The van der Waals surface area contributed by atoms with E-state index in [2.05, 4.69) is 4.98 Å². The van der Waals surface area contributed by atoms with Gasteiger partial charge in [-0.3, -0.25) is 0 Å². The summed E-state index contributed by atoms with van der Waals surface area (Å²) in [6.07, 6.45) is 1.17. The predicted octanol–water partition coefficient (Wildman–Crippen LogP) is 3.63. The Morgan fingerprint density at radius 3 is 2.52 bits per heavy atom. The third-order valence-corrected chi connectivity index (χ3v) is 6.37. The number of para-hydroxylation sites is 2. The summed E-state index contributed by atoms with van der Waals surface area (Å²) in [5, 5.41) is 2.78. The molecule has 0 unspecified atom stereocenters. The first-order chi connectivity index (χ1) is 13.9. The summed E-state index contributed by atoms with van der Waals surface area (Å²) < 4.78 is 36.8. The molecule has 0 saturated heterocycles.